The summed E-state index contributed by atoms with van der Waals surface area (Å²) >= 11 is 0. The van der Waals surface area contributed by atoms with E-state index in [1.165, 1.54) is 0 Å². The molecule has 9 nitrogen and oxygen atoms in total. The fraction of sp³-hybridized carbons (Fsp3) is 0.400. The van der Waals surface area contributed by atoms with Gasteiger partial charge in [0, 0.05) is 51.9 Å². The molecule has 3 heterocycles. The zero-order chi connectivity index (χ0) is 16.8. The Balaban J connectivity index is 1.54. The number of nitrogens with zero attached hydrogens (tertiary/aromatic N) is 6. The van der Waals surface area contributed by atoms with E-state index in [0.29, 0.717) is 44.4 Å². The van der Waals surface area contributed by atoms with Gasteiger partial charge in [0.1, 0.15) is 18.2 Å². The third-order valence-electron chi connectivity index (χ3n) is 3.65. The highest BCUT2D eigenvalue weighted by molar-refractivity contribution is 5.88. The van der Waals surface area contributed by atoms with E-state index in [1.54, 1.807) is 42.9 Å². The molecule has 1 saturated heterocycles. The van der Waals surface area contributed by atoms with Crippen molar-refractivity contribution in [3.05, 3.63) is 36.7 Å². The number of carbonyl (C=O) groups excluding carboxylic acids is 1. The van der Waals surface area contributed by atoms with Crippen LogP contribution in [0.1, 0.15) is 5.82 Å². The molecule has 9 heteroatoms. The Morgan fingerprint density at radius 3 is 2.75 bits per heavy atom. The molecule has 1 aliphatic rings. The van der Waals surface area contributed by atoms with Crippen LogP contribution in [0.15, 0.2) is 30.9 Å². The highest BCUT2D eigenvalue weighted by atomic mass is 16.5. The molecule has 3 rings (SSSR count). The molecule has 0 bridgehead atoms. The van der Waals surface area contributed by atoms with Gasteiger partial charge in [0.05, 0.1) is 6.20 Å². The number of aromatic nitrogens is 4. The summed E-state index contributed by atoms with van der Waals surface area (Å²) in [5, 5.41) is 2.80. The summed E-state index contributed by atoms with van der Waals surface area (Å²) in [5.74, 6) is 1.83. The number of amides is 2. The number of urea groups is 1. The number of ether oxygens (including phenoxy) is 1. The topological polar surface area (TPSA) is 96.4 Å². The Kier molecular flexibility index (Phi) is 5.12. The lowest BCUT2D eigenvalue weighted by molar-refractivity contribution is 0.178. The van der Waals surface area contributed by atoms with E-state index < -0.39 is 0 Å². The first-order valence-corrected chi connectivity index (χ1v) is 7.64. The van der Waals surface area contributed by atoms with Crippen molar-refractivity contribution < 1.29 is 9.53 Å². The Labute approximate surface area is 139 Å². The van der Waals surface area contributed by atoms with Gasteiger partial charge in [0.2, 0.25) is 0 Å². The third kappa shape index (κ3) is 3.93. The Morgan fingerprint density at radius 2 is 2.04 bits per heavy atom. The minimum Gasteiger partial charge on any atom is -0.377 e. The van der Waals surface area contributed by atoms with E-state index in [9.17, 15) is 4.79 Å². The molecule has 0 aliphatic carbocycles. The molecule has 126 valence electrons. The van der Waals surface area contributed by atoms with E-state index in [0.717, 1.165) is 5.82 Å². The molecule has 0 saturated carbocycles. The average molecular weight is 329 g/mol. The average Bonchev–Trinajstić information content (AvgIpc) is 2.63. The fourth-order valence-corrected chi connectivity index (χ4v) is 2.45. The summed E-state index contributed by atoms with van der Waals surface area (Å²) in [7, 11) is 1.57. The van der Waals surface area contributed by atoms with Gasteiger partial charge in [-0.3, -0.25) is 10.3 Å². The van der Waals surface area contributed by atoms with E-state index in [2.05, 4.69) is 30.2 Å². The first-order chi connectivity index (χ1) is 11.8. The number of hydrogen-bond donors (Lipinski definition) is 1. The van der Waals surface area contributed by atoms with Crippen LogP contribution in [-0.4, -0.2) is 64.2 Å². The molecule has 0 atom stereocenters. The monoisotopic (exact) mass is 329 g/mol. The molecule has 0 aromatic carbocycles. The lowest BCUT2D eigenvalue weighted by atomic mass is 10.3. The highest BCUT2D eigenvalue weighted by Gasteiger charge is 2.22. The van der Waals surface area contributed by atoms with Gasteiger partial charge in [-0.25, -0.2) is 19.7 Å². The van der Waals surface area contributed by atoms with Gasteiger partial charge in [0.25, 0.3) is 0 Å². The van der Waals surface area contributed by atoms with Crippen molar-refractivity contribution in [2.75, 3.05) is 43.5 Å². The Hall–Kier alpha value is -2.81. The second-order valence-corrected chi connectivity index (χ2v) is 5.26. The second kappa shape index (κ2) is 7.64. The zero-order valence-electron chi connectivity index (χ0n) is 13.4. The van der Waals surface area contributed by atoms with E-state index in [1.807, 2.05) is 0 Å². The Bertz CT molecular complexity index is 675. The van der Waals surface area contributed by atoms with Crippen molar-refractivity contribution >= 4 is 17.7 Å². The van der Waals surface area contributed by atoms with Gasteiger partial charge >= 0.3 is 6.03 Å². The maximum Gasteiger partial charge on any atom is 0.323 e. The van der Waals surface area contributed by atoms with Crippen LogP contribution in [0.3, 0.4) is 0 Å². The summed E-state index contributed by atoms with van der Waals surface area (Å²) in [6.07, 6.45) is 6.64. The maximum atomic E-state index is 12.4. The predicted molar refractivity (Wildman–Crippen MR) is 87.6 cm³/mol. The van der Waals surface area contributed by atoms with Gasteiger partial charge in [-0.1, -0.05) is 0 Å². The number of anilines is 2. The minimum atomic E-state index is -0.170. The minimum absolute atomic E-state index is 0.170. The van der Waals surface area contributed by atoms with Crippen LogP contribution in [0.2, 0.25) is 0 Å². The van der Waals surface area contributed by atoms with E-state index in [4.69, 9.17) is 4.74 Å². The molecule has 2 aromatic heterocycles. The lowest BCUT2D eigenvalue weighted by Gasteiger charge is -2.35. The smallest absolute Gasteiger partial charge is 0.323 e. The predicted octanol–water partition coefficient (Wildman–Crippen LogP) is 0.767. The van der Waals surface area contributed by atoms with Crippen LogP contribution in [-0.2, 0) is 11.3 Å². The standard InChI is InChI=1S/C15H19N7O2/c1-24-11-13-17-3-2-12(19-13)20-15(23)22-8-6-21(7-9-22)14-10-16-4-5-18-14/h2-5,10H,6-9,11H2,1H3,(H,17,19,20,23). The summed E-state index contributed by atoms with van der Waals surface area (Å²) in [6, 6.07) is 1.49. The van der Waals surface area contributed by atoms with Crippen LogP contribution in [0.4, 0.5) is 16.4 Å². The van der Waals surface area contributed by atoms with Crippen molar-refractivity contribution in [1.82, 2.24) is 24.8 Å². The number of rotatable bonds is 4. The zero-order valence-corrected chi connectivity index (χ0v) is 13.4. The van der Waals surface area contributed by atoms with E-state index >= 15 is 0 Å². The molecule has 0 unspecified atom stereocenters. The molecule has 2 aromatic rings. The molecule has 24 heavy (non-hydrogen) atoms. The summed E-state index contributed by atoms with van der Waals surface area (Å²) in [6.45, 7) is 2.95. The second-order valence-electron chi connectivity index (χ2n) is 5.26. The highest BCUT2D eigenvalue weighted by Crippen LogP contribution is 2.12. The molecule has 1 fully saturated rings. The lowest BCUT2D eigenvalue weighted by Crippen LogP contribution is -2.50. The summed E-state index contributed by atoms with van der Waals surface area (Å²) in [4.78, 5) is 32.9. The largest absolute Gasteiger partial charge is 0.377 e. The molecular formula is C15H19N7O2. The summed E-state index contributed by atoms with van der Waals surface area (Å²) < 4.78 is 4.99. The quantitative estimate of drug-likeness (QED) is 0.885. The van der Waals surface area contributed by atoms with Crippen LogP contribution in [0.5, 0.6) is 0 Å². The van der Waals surface area contributed by atoms with Crippen LogP contribution in [0, 0.1) is 0 Å². The first kappa shape index (κ1) is 16.1. The van der Waals surface area contributed by atoms with Crippen LogP contribution in [0.25, 0.3) is 0 Å². The number of nitrogens with one attached hydrogen (secondary N) is 1. The molecule has 0 radical (unpaired) electrons. The normalized spacial score (nSPS) is 14.5. The van der Waals surface area contributed by atoms with Crippen molar-refractivity contribution in [2.45, 2.75) is 6.61 Å². The van der Waals surface area contributed by atoms with Gasteiger partial charge in [-0.15, -0.1) is 0 Å². The molecule has 2 amide bonds. The van der Waals surface area contributed by atoms with Crippen LogP contribution < -0.4 is 10.2 Å². The Morgan fingerprint density at radius 1 is 1.21 bits per heavy atom. The van der Waals surface area contributed by atoms with Gasteiger partial charge in [-0.2, -0.15) is 0 Å². The summed E-state index contributed by atoms with van der Waals surface area (Å²) in [5.41, 5.74) is 0. The van der Waals surface area contributed by atoms with Crippen molar-refractivity contribution in [2.24, 2.45) is 0 Å². The number of piperazine rings is 1. The molecular weight excluding hydrogens is 310 g/mol. The third-order valence-corrected chi connectivity index (χ3v) is 3.65. The van der Waals surface area contributed by atoms with Crippen molar-refractivity contribution in [3.63, 3.8) is 0 Å². The van der Waals surface area contributed by atoms with Gasteiger partial charge in [-0.05, 0) is 6.07 Å². The first-order valence-electron chi connectivity index (χ1n) is 7.64. The molecule has 1 N–H and O–H groups in total. The fourth-order valence-electron chi connectivity index (χ4n) is 2.45. The number of carbonyl (C=O) groups is 1. The van der Waals surface area contributed by atoms with Crippen LogP contribution >= 0.6 is 0 Å². The number of methoxy groups -OCH3 is 1. The SMILES string of the molecule is COCc1nccc(NC(=O)N2CCN(c3cnccn3)CC2)n1. The van der Waals surface area contributed by atoms with Gasteiger partial charge < -0.3 is 14.5 Å². The maximum absolute atomic E-state index is 12.4. The molecule has 1 aliphatic heterocycles. The van der Waals surface area contributed by atoms with Crippen molar-refractivity contribution in [3.8, 4) is 0 Å². The number of hydrogen-bond acceptors (Lipinski definition) is 7. The van der Waals surface area contributed by atoms with Crippen molar-refractivity contribution in [1.29, 1.82) is 0 Å². The van der Waals surface area contributed by atoms with Gasteiger partial charge in [0.15, 0.2) is 5.82 Å². The van der Waals surface area contributed by atoms with E-state index in [-0.39, 0.29) is 6.03 Å². The molecule has 0 spiro atoms.